The molecule has 1 atom stereocenters. The number of amides is 1. The number of aromatic nitrogens is 5. The minimum absolute atomic E-state index is 0.263. The lowest BCUT2D eigenvalue weighted by molar-refractivity contribution is -0.115. The molecular formula is C17H17ClN8OS. The SMILES string of the molecule is Cc1cc(C)n(-c2nnc(SC(C)C(=O)Nc3ccc(C#N)c(Cl)c3)n2N)n1. The first kappa shape index (κ1) is 19.7. The van der Waals surface area contributed by atoms with Crippen LogP contribution in [-0.2, 0) is 4.79 Å². The molecule has 2 heterocycles. The molecule has 9 nitrogen and oxygen atoms in total. The highest BCUT2D eigenvalue weighted by atomic mass is 35.5. The van der Waals surface area contributed by atoms with Gasteiger partial charge in [-0.25, -0.2) is 9.36 Å². The predicted octanol–water partition coefficient (Wildman–Crippen LogP) is 2.44. The highest BCUT2D eigenvalue weighted by Gasteiger charge is 2.21. The van der Waals surface area contributed by atoms with Crippen molar-refractivity contribution in [3.05, 3.63) is 46.2 Å². The Morgan fingerprint density at radius 3 is 2.71 bits per heavy atom. The number of nitrogens with one attached hydrogen (secondary N) is 1. The van der Waals surface area contributed by atoms with Crippen molar-refractivity contribution in [2.45, 2.75) is 31.2 Å². The number of nitrogen functional groups attached to an aromatic ring is 1. The quantitative estimate of drug-likeness (QED) is 0.482. The number of thioether (sulfide) groups is 1. The largest absolute Gasteiger partial charge is 0.334 e. The van der Waals surface area contributed by atoms with Crippen LogP contribution in [0.2, 0.25) is 5.02 Å². The highest BCUT2D eigenvalue weighted by Crippen LogP contribution is 2.25. The molecule has 11 heteroatoms. The van der Waals surface area contributed by atoms with E-state index in [1.807, 2.05) is 26.0 Å². The first-order chi connectivity index (χ1) is 13.3. The number of carbonyl (C=O) groups is 1. The van der Waals surface area contributed by atoms with Crippen LogP contribution < -0.4 is 11.2 Å². The summed E-state index contributed by atoms with van der Waals surface area (Å²) in [4.78, 5) is 12.5. The third kappa shape index (κ3) is 3.95. The molecule has 0 spiro atoms. The molecule has 1 aromatic carbocycles. The van der Waals surface area contributed by atoms with Crippen LogP contribution in [-0.4, -0.2) is 35.8 Å². The van der Waals surface area contributed by atoms with Gasteiger partial charge in [0, 0.05) is 11.4 Å². The standard InChI is InChI=1S/C17H17ClN8OS/c1-9-6-10(2)26(24-9)16-22-23-17(25(16)20)28-11(3)15(27)21-13-5-4-12(8-19)14(18)7-13/h4-7,11H,20H2,1-3H3,(H,21,27). The Hall–Kier alpha value is -3.03. The number of carbonyl (C=O) groups excluding carboxylic acids is 1. The molecule has 2 aromatic heterocycles. The van der Waals surface area contributed by atoms with E-state index < -0.39 is 5.25 Å². The molecule has 0 saturated carbocycles. The number of rotatable bonds is 5. The zero-order chi connectivity index (χ0) is 20.4. The number of anilines is 1. The van der Waals surface area contributed by atoms with Crippen LogP contribution in [0.15, 0.2) is 29.4 Å². The van der Waals surface area contributed by atoms with Crippen molar-refractivity contribution in [3.8, 4) is 12.0 Å². The van der Waals surface area contributed by atoms with Gasteiger partial charge >= 0.3 is 0 Å². The van der Waals surface area contributed by atoms with Gasteiger partial charge in [0.25, 0.3) is 5.95 Å². The fourth-order valence-electron chi connectivity index (χ4n) is 2.46. The van der Waals surface area contributed by atoms with Gasteiger partial charge in [-0.15, -0.1) is 10.2 Å². The monoisotopic (exact) mass is 416 g/mol. The molecule has 0 aliphatic carbocycles. The molecule has 0 saturated heterocycles. The van der Waals surface area contributed by atoms with E-state index in [-0.39, 0.29) is 10.9 Å². The second-order valence-corrected chi connectivity index (χ2v) is 7.76. The van der Waals surface area contributed by atoms with Crippen molar-refractivity contribution in [1.29, 1.82) is 5.26 Å². The Labute approximate surface area is 170 Å². The van der Waals surface area contributed by atoms with Crippen molar-refractivity contribution < 1.29 is 4.79 Å². The number of hydrogen-bond acceptors (Lipinski definition) is 7. The lowest BCUT2D eigenvalue weighted by Gasteiger charge is -2.12. The molecule has 1 amide bonds. The Kier molecular flexibility index (Phi) is 5.58. The number of nitrogens with zero attached hydrogens (tertiary/aromatic N) is 6. The van der Waals surface area contributed by atoms with Gasteiger partial charge in [0.1, 0.15) is 6.07 Å². The number of nitriles is 1. The van der Waals surface area contributed by atoms with E-state index in [1.54, 1.807) is 23.7 Å². The number of hydrogen-bond donors (Lipinski definition) is 2. The van der Waals surface area contributed by atoms with E-state index in [1.165, 1.54) is 10.7 Å². The molecule has 3 N–H and O–H groups in total. The van der Waals surface area contributed by atoms with Crippen molar-refractivity contribution >= 4 is 35.0 Å². The second-order valence-electron chi connectivity index (χ2n) is 6.05. The van der Waals surface area contributed by atoms with Crippen molar-refractivity contribution in [3.63, 3.8) is 0 Å². The fraction of sp³-hybridized carbons (Fsp3) is 0.235. The maximum absolute atomic E-state index is 12.5. The summed E-state index contributed by atoms with van der Waals surface area (Å²) < 4.78 is 2.89. The molecule has 3 aromatic rings. The molecule has 144 valence electrons. The van der Waals surface area contributed by atoms with E-state index in [2.05, 4.69) is 20.6 Å². The van der Waals surface area contributed by atoms with Crippen LogP contribution in [0.25, 0.3) is 5.95 Å². The fourth-order valence-corrected chi connectivity index (χ4v) is 3.45. The van der Waals surface area contributed by atoms with Gasteiger partial charge in [-0.3, -0.25) is 4.79 Å². The zero-order valence-corrected chi connectivity index (χ0v) is 16.9. The van der Waals surface area contributed by atoms with E-state index >= 15 is 0 Å². The summed E-state index contributed by atoms with van der Waals surface area (Å²) in [6.45, 7) is 5.49. The molecule has 0 fully saturated rings. The number of nitrogens with two attached hydrogens (primary N) is 1. The average molecular weight is 417 g/mol. The normalized spacial score (nSPS) is 11.8. The van der Waals surface area contributed by atoms with Gasteiger partial charge in [-0.1, -0.05) is 23.4 Å². The molecule has 0 bridgehead atoms. The van der Waals surface area contributed by atoms with Crippen LogP contribution in [0, 0.1) is 25.2 Å². The molecular weight excluding hydrogens is 400 g/mol. The van der Waals surface area contributed by atoms with Crippen LogP contribution in [0.3, 0.4) is 0 Å². The summed E-state index contributed by atoms with van der Waals surface area (Å²) in [5, 5.41) is 24.3. The summed E-state index contributed by atoms with van der Waals surface area (Å²) in [7, 11) is 0. The lowest BCUT2D eigenvalue weighted by Crippen LogP contribution is -2.24. The maximum Gasteiger partial charge on any atom is 0.271 e. The Bertz CT molecular complexity index is 1080. The van der Waals surface area contributed by atoms with Gasteiger partial charge in [0.05, 0.1) is 21.5 Å². The van der Waals surface area contributed by atoms with Gasteiger partial charge < -0.3 is 11.2 Å². The van der Waals surface area contributed by atoms with Gasteiger partial charge in [-0.2, -0.15) is 10.4 Å². The van der Waals surface area contributed by atoms with Crippen LogP contribution in [0.4, 0.5) is 5.69 Å². The smallest absolute Gasteiger partial charge is 0.271 e. The highest BCUT2D eigenvalue weighted by molar-refractivity contribution is 8.00. The van der Waals surface area contributed by atoms with Crippen molar-refractivity contribution in [1.82, 2.24) is 24.7 Å². The Morgan fingerprint density at radius 1 is 1.36 bits per heavy atom. The minimum Gasteiger partial charge on any atom is -0.334 e. The number of halogens is 1. The van der Waals surface area contributed by atoms with Gasteiger partial charge in [0.15, 0.2) is 0 Å². The molecule has 0 aliphatic rings. The predicted molar refractivity (Wildman–Crippen MR) is 107 cm³/mol. The van der Waals surface area contributed by atoms with Crippen molar-refractivity contribution in [2.24, 2.45) is 0 Å². The van der Waals surface area contributed by atoms with Crippen LogP contribution >= 0.6 is 23.4 Å². The third-order valence-electron chi connectivity index (χ3n) is 3.85. The Morgan fingerprint density at radius 2 is 2.11 bits per heavy atom. The van der Waals surface area contributed by atoms with E-state index in [0.717, 1.165) is 23.1 Å². The summed E-state index contributed by atoms with van der Waals surface area (Å²) in [5.74, 6) is 6.19. The summed E-state index contributed by atoms with van der Waals surface area (Å²) in [5.41, 5.74) is 2.55. The summed E-state index contributed by atoms with van der Waals surface area (Å²) >= 11 is 7.16. The van der Waals surface area contributed by atoms with E-state index in [4.69, 9.17) is 22.7 Å². The molecule has 1 unspecified atom stereocenters. The van der Waals surface area contributed by atoms with Gasteiger partial charge in [-0.05, 0) is 45.0 Å². The first-order valence-corrected chi connectivity index (χ1v) is 9.47. The van der Waals surface area contributed by atoms with E-state index in [0.29, 0.717) is 22.4 Å². The lowest BCUT2D eigenvalue weighted by atomic mass is 10.2. The molecule has 28 heavy (non-hydrogen) atoms. The topological polar surface area (TPSA) is 127 Å². The zero-order valence-electron chi connectivity index (χ0n) is 15.3. The van der Waals surface area contributed by atoms with E-state index in [9.17, 15) is 4.79 Å². The third-order valence-corrected chi connectivity index (χ3v) is 5.22. The van der Waals surface area contributed by atoms with Crippen molar-refractivity contribution in [2.75, 3.05) is 11.2 Å². The molecule has 0 aliphatic heterocycles. The van der Waals surface area contributed by atoms with Crippen LogP contribution in [0.5, 0.6) is 0 Å². The van der Waals surface area contributed by atoms with Crippen LogP contribution in [0.1, 0.15) is 23.9 Å². The summed E-state index contributed by atoms with van der Waals surface area (Å²) in [6, 6.07) is 8.57. The molecule has 0 radical (unpaired) electrons. The first-order valence-electron chi connectivity index (χ1n) is 8.21. The summed E-state index contributed by atoms with van der Waals surface area (Å²) in [6.07, 6.45) is 0. The Balaban J connectivity index is 1.72. The molecule has 3 rings (SSSR count). The number of aryl methyl sites for hydroxylation is 2. The average Bonchev–Trinajstić information content (AvgIpc) is 3.16. The van der Waals surface area contributed by atoms with Gasteiger partial charge in [0.2, 0.25) is 11.1 Å². The second kappa shape index (κ2) is 7.92. The minimum atomic E-state index is -0.505. The number of benzene rings is 1. The maximum atomic E-state index is 12.5.